The van der Waals surface area contributed by atoms with Crippen molar-refractivity contribution in [1.29, 1.82) is 0 Å². The van der Waals surface area contributed by atoms with Gasteiger partial charge in [0.2, 0.25) is 0 Å². The van der Waals surface area contributed by atoms with Gasteiger partial charge in [0, 0.05) is 30.9 Å². The summed E-state index contributed by atoms with van der Waals surface area (Å²) in [5.74, 6) is 1.71. The fourth-order valence-electron chi connectivity index (χ4n) is 3.57. The quantitative estimate of drug-likeness (QED) is 0.891. The summed E-state index contributed by atoms with van der Waals surface area (Å²) in [5.41, 5.74) is 2.48. The highest BCUT2D eigenvalue weighted by Gasteiger charge is 2.25. The van der Waals surface area contributed by atoms with Gasteiger partial charge in [-0.05, 0) is 44.9 Å². The summed E-state index contributed by atoms with van der Waals surface area (Å²) in [6.45, 7) is 9.11. The summed E-state index contributed by atoms with van der Waals surface area (Å²) < 4.78 is 1.91. The average molecular weight is 249 g/mol. The molecule has 3 nitrogen and oxygen atoms in total. The summed E-state index contributed by atoms with van der Waals surface area (Å²) in [5, 5.41) is 8.23. The zero-order chi connectivity index (χ0) is 13.3. The molecule has 3 unspecified atom stereocenters. The molecule has 3 atom stereocenters. The molecule has 1 aliphatic carbocycles. The number of hydrogen-bond donors (Lipinski definition) is 1. The van der Waals surface area contributed by atoms with Crippen molar-refractivity contribution >= 4 is 0 Å². The van der Waals surface area contributed by atoms with Gasteiger partial charge < -0.3 is 5.32 Å². The van der Waals surface area contributed by atoms with Crippen molar-refractivity contribution in [1.82, 2.24) is 15.1 Å². The molecule has 2 rings (SSSR count). The number of nitrogens with zero attached hydrogens (tertiary/aromatic N) is 2. The Bertz CT molecular complexity index is 386. The van der Waals surface area contributed by atoms with Crippen LogP contribution in [0.25, 0.3) is 0 Å². The normalized spacial score (nSPS) is 30.4. The lowest BCUT2D eigenvalue weighted by atomic mass is 9.80. The van der Waals surface area contributed by atoms with Crippen LogP contribution < -0.4 is 5.32 Å². The van der Waals surface area contributed by atoms with Crippen LogP contribution in [0.3, 0.4) is 0 Å². The Labute approximate surface area is 111 Å². The van der Waals surface area contributed by atoms with E-state index in [0.29, 0.717) is 12.1 Å². The van der Waals surface area contributed by atoms with Crippen LogP contribution >= 0.6 is 0 Å². The lowest BCUT2D eigenvalue weighted by Gasteiger charge is -2.34. The van der Waals surface area contributed by atoms with Gasteiger partial charge in [-0.1, -0.05) is 13.8 Å². The number of hydrogen-bond acceptors (Lipinski definition) is 2. The Kier molecular flexibility index (Phi) is 4.10. The summed E-state index contributed by atoms with van der Waals surface area (Å²) in [6, 6.07) is 1.07. The molecule has 0 radical (unpaired) electrons. The monoisotopic (exact) mass is 249 g/mol. The molecule has 102 valence electrons. The maximum absolute atomic E-state index is 4.43. The van der Waals surface area contributed by atoms with Crippen LogP contribution in [0.2, 0.25) is 0 Å². The molecule has 18 heavy (non-hydrogen) atoms. The summed E-state index contributed by atoms with van der Waals surface area (Å²) in [7, 11) is 1.99. The van der Waals surface area contributed by atoms with E-state index in [1.54, 1.807) is 0 Å². The second kappa shape index (κ2) is 5.43. The van der Waals surface area contributed by atoms with Crippen LogP contribution in [-0.2, 0) is 7.05 Å². The third-order valence-electron chi connectivity index (χ3n) is 4.18. The Morgan fingerprint density at radius 3 is 2.39 bits per heavy atom. The van der Waals surface area contributed by atoms with Gasteiger partial charge in [-0.15, -0.1) is 0 Å². The van der Waals surface area contributed by atoms with Crippen molar-refractivity contribution in [2.24, 2.45) is 18.9 Å². The van der Waals surface area contributed by atoms with Crippen LogP contribution in [0.1, 0.15) is 57.3 Å². The summed E-state index contributed by atoms with van der Waals surface area (Å²) >= 11 is 0. The third kappa shape index (κ3) is 3.14. The predicted molar refractivity (Wildman–Crippen MR) is 75.5 cm³/mol. The van der Waals surface area contributed by atoms with E-state index in [4.69, 9.17) is 0 Å². The molecule has 1 N–H and O–H groups in total. The molecule has 0 aliphatic heterocycles. The van der Waals surface area contributed by atoms with Gasteiger partial charge in [0.1, 0.15) is 0 Å². The minimum absolute atomic E-state index is 0.404. The van der Waals surface area contributed by atoms with Crippen LogP contribution in [-0.4, -0.2) is 15.8 Å². The number of rotatable bonds is 3. The van der Waals surface area contributed by atoms with Crippen molar-refractivity contribution in [3.05, 3.63) is 17.5 Å². The molecule has 1 aromatic heterocycles. The molecule has 3 heteroatoms. The summed E-state index contributed by atoms with van der Waals surface area (Å²) in [6.07, 6.45) is 6.16. The van der Waals surface area contributed by atoms with Crippen LogP contribution in [0.5, 0.6) is 0 Å². The van der Waals surface area contributed by atoms with E-state index in [1.807, 2.05) is 11.7 Å². The minimum Gasteiger partial charge on any atom is -0.307 e. The second-order valence-electron chi connectivity index (χ2n) is 6.35. The molecule has 0 saturated heterocycles. The van der Waals surface area contributed by atoms with E-state index in [0.717, 1.165) is 17.5 Å². The topological polar surface area (TPSA) is 29.9 Å². The maximum atomic E-state index is 4.43. The van der Waals surface area contributed by atoms with E-state index in [1.165, 1.54) is 24.8 Å². The zero-order valence-corrected chi connectivity index (χ0v) is 12.4. The highest BCUT2D eigenvalue weighted by Crippen LogP contribution is 2.30. The van der Waals surface area contributed by atoms with E-state index >= 15 is 0 Å². The van der Waals surface area contributed by atoms with Gasteiger partial charge in [0.25, 0.3) is 0 Å². The molecule has 0 bridgehead atoms. The fraction of sp³-hybridized carbons (Fsp3) is 0.800. The van der Waals surface area contributed by atoms with Gasteiger partial charge in [-0.2, -0.15) is 5.10 Å². The molecule has 0 aromatic carbocycles. The maximum Gasteiger partial charge on any atom is 0.0641 e. The fourth-order valence-corrected chi connectivity index (χ4v) is 3.57. The third-order valence-corrected chi connectivity index (χ3v) is 4.18. The highest BCUT2D eigenvalue weighted by atomic mass is 15.3. The SMILES string of the molecule is Cc1nn(C)cc1C(C)NC1CC(C)CC(C)C1. The van der Waals surface area contributed by atoms with Crippen LogP contribution in [0.4, 0.5) is 0 Å². The van der Waals surface area contributed by atoms with Gasteiger partial charge in [0.05, 0.1) is 5.69 Å². The van der Waals surface area contributed by atoms with Crippen LogP contribution in [0, 0.1) is 18.8 Å². The first-order chi connectivity index (χ1) is 8.45. The molecule has 0 spiro atoms. The van der Waals surface area contributed by atoms with E-state index in [2.05, 4.69) is 44.3 Å². The second-order valence-corrected chi connectivity index (χ2v) is 6.35. The first-order valence-electron chi connectivity index (χ1n) is 7.22. The summed E-state index contributed by atoms with van der Waals surface area (Å²) in [4.78, 5) is 0. The minimum atomic E-state index is 0.404. The van der Waals surface area contributed by atoms with E-state index in [9.17, 15) is 0 Å². The number of aryl methyl sites for hydroxylation is 2. The predicted octanol–water partition coefficient (Wildman–Crippen LogP) is 3.20. The van der Waals surface area contributed by atoms with E-state index < -0.39 is 0 Å². The van der Waals surface area contributed by atoms with Gasteiger partial charge in [0.15, 0.2) is 0 Å². The van der Waals surface area contributed by atoms with Crippen molar-refractivity contribution in [2.45, 2.75) is 59.0 Å². The lowest BCUT2D eigenvalue weighted by Crippen LogP contribution is -2.37. The van der Waals surface area contributed by atoms with Gasteiger partial charge in [-0.25, -0.2) is 0 Å². The smallest absolute Gasteiger partial charge is 0.0641 e. The molecule has 1 fully saturated rings. The standard InChI is InChI=1S/C15H27N3/c1-10-6-11(2)8-14(7-10)16-12(3)15-9-18(5)17-13(15)4/h9-12,14,16H,6-8H2,1-5H3. The largest absolute Gasteiger partial charge is 0.307 e. The molecule has 1 aromatic rings. The number of aromatic nitrogens is 2. The molecular weight excluding hydrogens is 222 g/mol. The van der Waals surface area contributed by atoms with Crippen LogP contribution in [0.15, 0.2) is 6.20 Å². The Morgan fingerprint density at radius 1 is 1.28 bits per heavy atom. The zero-order valence-electron chi connectivity index (χ0n) is 12.4. The van der Waals surface area contributed by atoms with Gasteiger partial charge in [-0.3, -0.25) is 4.68 Å². The van der Waals surface area contributed by atoms with Gasteiger partial charge >= 0.3 is 0 Å². The first-order valence-corrected chi connectivity index (χ1v) is 7.22. The molecule has 1 aliphatic rings. The molecule has 0 amide bonds. The molecule has 1 heterocycles. The molecule has 1 saturated carbocycles. The number of nitrogens with one attached hydrogen (secondary N) is 1. The van der Waals surface area contributed by atoms with Crippen molar-refractivity contribution in [3.8, 4) is 0 Å². The first kappa shape index (κ1) is 13.6. The van der Waals surface area contributed by atoms with Crippen molar-refractivity contribution in [3.63, 3.8) is 0 Å². The van der Waals surface area contributed by atoms with Crippen molar-refractivity contribution < 1.29 is 0 Å². The average Bonchev–Trinajstić information content (AvgIpc) is 2.56. The Hall–Kier alpha value is -0.830. The van der Waals surface area contributed by atoms with E-state index in [-0.39, 0.29) is 0 Å². The molecular formula is C15H27N3. The Balaban J connectivity index is 1.98. The Morgan fingerprint density at radius 2 is 1.89 bits per heavy atom. The van der Waals surface area contributed by atoms with Crippen molar-refractivity contribution in [2.75, 3.05) is 0 Å². The lowest BCUT2D eigenvalue weighted by molar-refractivity contribution is 0.228. The highest BCUT2D eigenvalue weighted by molar-refractivity contribution is 5.19.